The second kappa shape index (κ2) is 10.2. The van der Waals surface area contributed by atoms with Gasteiger partial charge in [-0.2, -0.15) is 5.26 Å². The molecule has 3 aromatic carbocycles. The zero-order chi connectivity index (χ0) is 23.4. The van der Waals surface area contributed by atoms with Crippen molar-refractivity contribution in [3.63, 3.8) is 0 Å². The van der Waals surface area contributed by atoms with Crippen LogP contribution in [-0.4, -0.2) is 21.3 Å². The van der Waals surface area contributed by atoms with Crippen LogP contribution in [0.25, 0.3) is 0 Å². The number of carbonyl (C=O) groups is 2. The molecule has 0 N–H and O–H groups in total. The van der Waals surface area contributed by atoms with E-state index in [0.29, 0.717) is 23.3 Å². The summed E-state index contributed by atoms with van der Waals surface area (Å²) in [5.74, 6) is 0.00199. The molecule has 4 rings (SSSR count). The molecule has 0 radical (unpaired) electrons. The zero-order valence-corrected chi connectivity index (χ0v) is 19.7. The van der Waals surface area contributed by atoms with Gasteiger partial charge in [-0.3, -0.25) is 14.5 Å². The highest BCUT2D eigenvalue weighted by molar-refractivity contribution is 9.10. The molecule has 166 valence electrons. The van der Waals surface area contributed by atoms with Gasteiger partial charge >= 0.3 is 0 Å². The number of hydrogen-bond acceptors (Lipinski definition) is 5. The van der Waals surface area contributed by atoms with Gasteiger partial charge in [-0.15, -0.1) is 0 Å². The van der Waals surface area contributed by atoms with E-state index in [2.05, 4.69) is 22.0 Å². The van der Waals surface area contributed by atoms with Gasteiger partial charge in [0.2, 0.25) is 5.91 Å². The highest BCUT2D eigenvalue weighted by atomic mass is 79.9. The lowest BCUT2D eigenvalue weighted by molar-refractivity contribution is -0.127. The minimum absolute atomic E-state index is 0.127. The molecule has 8 heteroatoms. The maximum absolute atomic E-state index is 13.1. The number of hydrogen-bond donors (Lipinski definition) is 0. The molecule has 2 amide bonds. The molecular weight excluding hydrogens is 507 g/mol. The lowest BCUT2D eigenvalue weighted by Crippen LogP contribution is -2.31. The van der Waals surface area contributed by atoms with E-state index in [-0.39, 0.29) is 30.1 Å². The number of carbonyl (C=O) groups excluding carboxylic acids is 2. The SMILES string of the molecule is N#Cc1ccccc1COc1ccc(C[C@@H]2SC(=O)N(Cc3ccc(F)cc3)C2=O)cc1Br. The number of nitriles is 1. The summed E-state index contributed by atoms with van der Waals surface area (Å²) < 4.78 is 19.7. The van der Waals surface area contributed by atoms with E-state index >= 15 is 0 Å². The Morgan fingerprint density at radius 1 is 1.06 bits per heavy atom. The number of ether oxygens (including phenoxy) is 1. The number of halogens is 2. The van der Waals surface area contributed by atoms with Crippen LogP contribution in [0.3, 0.4) is 0 Å². The molecule has 3 aromatic rings. The minimum atomic E-state index is -0.515. The van der Waals surface area contributed by atoms with Crippen LogP contribution in [-0.2, 0) is 24.4 Å². The van der Waals surface area contributed by atoms with Crippen molar-refractivity contribution in [1.82, 2.24) is 4.90 Å². The van der Waals surface area contributed by atoms with Gasteiger partial charge in [0.25, 0.3) is 5.24 Å². The van der Waals surface area contributed by atoms with Crippen molar-refractivity contribution in [3.05, 3.63) is 99.3 Å². The third kappa shape index (κ3) is 5.44. The van der Waals surface area contributed by atoms with Gasteiger partial charge in [0.15, 0.2) is 0 Å². The van der Waals surface area contributed by atoms with E-state index in [4.69, 9.17) is 4.74 Å². The van der Waals surface area contributed by atoms with E-state index in [1.54, 1.807) is 30.3 Å². The van der Waals surface area contributed by atoms with E-state index < -0.39 is 5.25 Å². The van der Waals surface area contributed by atoms with Crippen molar-refractivity contribution < 1.29 is 18.7 Å². The van der Waals surface area contributed by atoms with Gasteiger partial charge in [-0.05, 0) is 63.8 Å². The lowest BCUT2D eigenvalue weighted by atomic mass is 10.1. The van der Waals surface area contributed by atoms with Crippen molar-refractivity contribution in [2.75, 3.05) is 0 Å². The van der Waals surface area contributed by atoms with Crippen molar-refractivity contribution in [1.29, 1.82) is 5.26 Å². The fourth-order valence-electron chi connectivity index (χ4n) is 3.46. The molecule has 0 aliphatic carbocycles. The molecule has 1 heterocycles. The van der Waals surface area contributed by atoms with Gasteiger partial charge in [0.05, 0.1) is 27.9 Å². The highest BCUT2D eigenvalue weighted by Crippen LogP contribution is 2.33. The Morgan fingerprint density at radius 3 is 2.52 bits per heavy atom. The monoisotopic (exact) mass is 524 g/mol. The molecule has 1 saturated heterocycles. The van der Waals surface area contributed by atoms with Crippen molar-refractivity contribution in [2.45, 2.75) is 24.8 Å². The highest BCUT2D eigenvalue weighted by Gasteiger charge is 2.39. The predicted octanol–water partition coefficient (Wildman–Crippen LogP) is 5.85. The van der Waals surface area contributed by atoms with Gasteiger partial charge in [0.1, 0.15) is 18.2 Å². The summed E-state index contributed by atoms with van der Waals surface area (Å²) in [5, 5.41) is 8.39. The quantitative estimate of drug-likeness (QED) is 0.388. The van der Waals surface area contributed by atoms with Gasteiger partial charge in [-0.25, -0.2) is 4.39 Å². The first kappa shape index (κ1) is 23.0. The summed E-state index contributed by atoms with van der Waals surface area (Å²) in [5.41, 5.74) is 2.94. The molecule has 0 aromatic heterocycles. The van der Waals surface area contributed by atoms with E-state index in [9.17, 15) is 19.2 Å². The Balaban J connectivity index is 1.39. The van der Waals surface area contributed by atoms with Gasteiger partial charge in [0, 0.05) is 5.56 Å². The van der Waals surface area contributed by atoms with Crippen molar-refractivity contribution >= 4 is 38.8 Å². The largest absolute Gasteiger partial charge is 0.488 e. The van der Waals surface area contributed by atoms with Crippen LogP contribution in [0, 0.1) is 17.1 Å². The number of imide groups is 1. The molecule has 1 aliphatic rings. The van der Waals surface area contributed by atoms with Crippen LogP contribution in [0.15, 0.2) is 71.2 Å². The van der Waals surface area contributed by atoms with Crippen LogP contribution in [0.4, 0.5) is 9.18 Å². The van der Waals surface area contributed by atoms with Crippen molar-refractivity contribution in [2.24, 2.45) is 0 Å². The van der Waals surface area contributed by atoms with E-state index in [1.165, 1.54) is 17.0 Å². The van der Waals surface area contributed by atoms with Crippen LogP contribution >= 0.6 is 27.7 Å². The molecule has 0 spiro atoms. The Kier molecular flexibility index (Phi) is 7.11. The molecule has 1 aliphatic heterocycles. The Labute approximate surface area is 203 Å². The molecule has 5 nitrogen and oxygen atoms in total. The molecule has 33 heavy (non-hydrogen) atoms. The molecular formula is C25H18BrFN2O3S. The number of thioether (sulfide) groups is 1. The fourth-order valence-corrected chi connectivity index (χ4v) is 5.03. The third-order valence-corrected chi connectivity index (χ3v) is 6.89. The Bertz CT molecular complexity index is 1240. The van der Waals surface area contributed by atoms with Gasteiger partial charge in [-0.1, -0.05) is 48.2 Å². The average Bonchev–Trinajstić information content (AvgIpc) is 3.07. The second-order valence-corrected chi connectivity index (χ2v) is 9.46. The lowest BCUT2D eigenvalue weighted by Gasteiger charge is -2.14. The third-order valence-electron chi connectivity index (χ3n) is 5.20. The van der Waals surface area contributed by atoms with E-state index in [0.717, 1.165) is 27.4 Å². The summed E-state index contributed by atoms with van der Waals surface area (Å²) >= 11 is 4.51. The molecule has 1 fully saturated rings. The number of rotatable bonds is 7. The van der Waals surface area contributed by atoms with Gasteiger partial charge < -0.3 is 4.74 Å². The summed E-state index contributed by atoms with van der Waals surface area (Å²) in [6.45, 7) is 0.383. The number of benzene rings is 3. The smallest absolute Gasteiger partial charge is 0.289 e. The van der Waals surface area contributed by atoms with Crippen LogP contribution in [0.5, 0.6) is 5.75 Å². The first-order valence-electron chi connectivity index (χ1n) is 10.1. The summed E-state index contributed by atoms with van der Waals surface area (Å²) in [6, 6.07) is 20.7. The second-order valence-electron chi connectivity index (χ2n) is 7.45. The molecule has 1 atom stereocenters. The van der Waals surface area contributed by atoms with Crippen LogP contribution in [0.1, 0.15) is 22.3 Å². The summed E-state index contributed by atoms with van der Waals surface area (Å²) in [7, 11) is 0. The first-order chi connectivity index (χ1) is 15.9. The first-order valence-corrected chi connectivity index (χ1v) is 11.8. The zero-order valence-electron chi connectivity index (χ0n) is 17.3. The minimum Gasteiger partial charge on any atom is -0.488 e. The Hall–Kier alpha value is -3.15. The maximum Gasteiger partial charge on any atom is 0.289 e. The number of nitrogens with zero attached hydrogens (tertiary/aromatic N) is 2. The standard InChI is InChI=1S/C25H18BrFN2O3S/c26-21-11-17(7-10-22(21)32-15-19-4-2-1-3-18(19)13-28)12-23-24(30)29(25(31)33-23)14-16-5-8-20(27)9-6-16/h1-11,23H,12,14-15H2/t23-/m0/s1. The molecule has 0 unspecified atom stereocenters. The topological polar surface area (TPSA) is 70.4 Å². The van der Waals surface area contributed by atoms with Crippen LogP contribution in [0.2, 0.25) is 0 Å². The average molecular weight is 525 g/mol. The predicted molar refractivity (Wildman–Crippen MR) is 127 cm³/mol. The maximum atomic E-state index is 13.1. The fraction of sp³-hybridized carbons (Fsp3) is 0.160. The van der Waals surface area contributed by atoms with Crippen LogP contribution < -0.4 is 4.74 Å². The summed E-state index contributed by atoms with van der Waals surface area (Å²) in [4.78, 5) is 26.4. The molecule has 0 bridgehead atoms. The van der Waals surface area contributed by atoms with E-state index in [1.807, 2.05) is 24.3 Å². The Morgan fingerprint density at radius 2 is 1.79 bits per heavy atom. The summed E-state index contributed by atoms with van der Waals surface area (Å²) in [6.07, 6.45) is 0.394. The molecule has 0 saturated carbocycles. The normalized spacial score (nSPS) is 15.5. The van der Waals surface area contributed by atoms with Crippen molar-refractivity contribution in [3.8, 4) is 11.8 Å². The number of amides is 2.